The molecule has 0 aliphatic carbocycles. The van der Waals surface area contributed by atoms with Crippen molar-refractivity contribution in [1.82, 2.24) is 0 Å². The van der Waals surface area contributed by atoms with Gasteiger partial charge in [-0.05, 0) is 46.5 Å². The SMILES string of the molecule is Cc1c(C(N)CCC(=O)O)cc(Br)c2c1OCCCO2. The van der Waals surface area contributed by atoms with E-state index in [1.54, 1.807) is 0 Å². The Morgan fingerprint density at radius 2 is 2.10 bits per heavy atom. The van der Waals surface area contributed by atoms with E-state index in [0.717, 1.165) is 22.0 Å². The van der Waals surface area contributed by atoms with Gasteiger partial charge in [0.1, 0.15) is 0 Å². The fourth-order valence-corrected chi connectivity index (χ4v) is 2.80. The second-order valence-electron chi connectivity index (χ2n) is 4.82. The van der Waals surface area contributed by atoms with Gasteiger partial charge in [-0.3, -0.25) is 4.79 Å². The summed E-state index contributed by atoms with van der Waals surface area (Å²) in [6.45, 7) is 3.15. The molecule has 1 aliphatic rings. The Bertz CT molecular complexity index is 518. The third-order valence-corrected chi connectivity index (χ3v) is 3.92. The molecule has 1 aliphatic heterocycles. The zero-order chi connectivity index (χ0) is 14.7. The van der Waals surface area contributed by atoms with Crippen LogP contribution in [0.1, 0.15) is 36.4 Å². The van der Waals surface area contributed by atoms with E-state index in [1.165, 1.54) is 0 Å². The first-order valence-electron chi connectivity index (χ1n) is 6.56. The van der Waals surface area contributed by atoms with E-state index in [2.05, 4.69) is 15.9 Å². The summed E-state index contributed by atoms with van der Waals surface area (Å²) in [7, 11) is 0. The van der Waals surface area contributed by atoms with E-state index in [0.29, 0.717) is 31.1 Å². The summed E-state index contributed by atoms with van der Waals surface area (Å²) in [5.74, 6) is 0.568. The summed E-state index contributed by atoms with van der Waals surface area (Å²) in [6, 6.07) is 1.56. The predicted octanol–water partition coefficient (Wildman–Crippen LogP) is 2.78. The average Bonchev–Trinajstić information content (AvgIpc) is 2.66. The van der Waals surface area contributed by atoms with Crippen molar-refractivity contribution < 1.29 is 19.4 Å². The molecule has 20 heavy (non-hydrogen) atoms. The van der Waals surface area contributed by atoms with E-state index in [1.807, 2.05) is 13.0 Å². The van der Waals surface area contributed by atoms with Crippen LogP contribution in [0.2, 0.25) is 0 Å². The first-order valence-corrected chi connectivity index (χ1v) is 7.36. The molecule has 3 N–H and O–H groups in total. The average molecular weight is 344 g/mol. The Labute approximate surface area is 126 Å². The maximum Gasteiger partial charge on any atom is 0.303 e. The van der Waals surface area contributed by atoms with E-state index >= 15 is 0 Å². The quantitative estimate of drug-likeness (QED) is 0.878. The number of halogens is 1. The zero-order valence-electron chi connectivity index (χ0n) is 11.3. The molecule has 1 heterocycles. The van der Waals surface area contributed by atoms with Crippen LogP contribution in [-0.4, -0.2) is 24.3 Å². The molecule has 0 saturated carbocycles. The minimum absolute atomic E-state index is 0.0483. The topological polar surface area (TPSA) is 81.8 Å². The number of rotatable bonds is 4. The second-order valence-corrected chi connectivity index (χ2v) is 5.67. The first kappa shape index (κ1) is 15.1. The molecule has 0 spiro atoms. The van der Waals surface area contributed by atoms with Crippen molar-refractivity contribution in [2.75, 3.05) is 13.2 Å². The standard InChI is InChI=1S/C14H18BrNO4/c1-8-9(11(16)3-4-12(17)18)7-10(15)14-13(8)19-5-2-6-20-14/h7,11H,2-6,16H2,1H3,(H,17,18). The lowest BCUT2D eigenvalue weighted by molar-refractivity contribution is -0.137. The van der Waals surface area contributed by atoms with Crippen LogP contribution in [0.25, 0.3) is 0 Å². The van der Waals surface area contributed by atoms with Gasteiger partial charge in [0.2, 0.25) is 0 Å². The minimum atomic E-state index is -0.841. The summed E-state index contributed by atoms with van der Waals surface area (Å²) in [6.07, 6.45) is 1.27. The third kappa shape index (κ3) is 3.24. The highest BCUT2D eigenvalue weighted by Gasteiger charge is 2.22. The fraction of sp³-hybridized carbons (Fsp3) is 0.500. The minimum Gasteiger partial charge on any atom is -0.489 e. The molecular formula is C14H18BrNO4. The monoisotopic (exact) mass is 343 g/mol. The normalized spacial score (nSPS) is 15.6. The van der Waals surface area contributed by atoms with Gasteiger partial charge in [-0.15, -0.1) is 0 Å². The Hall–Kier alpha value is -1.27. The Morgan fingerprint density at radius 1 is 1.45 bits per heavy atom. The van der Waals surface area contributed by atoms with Crippen molar-refractivity contribution in [2.24, 2.45) is 5.73 Å². The van der Waals surface area contributed by atoms with Gasteiger partial charge < -0.3 is 20.3 Å². The van der Waals surface area contributed by atoms with Crippen LogP contribution in [0, 0.1) is 6.92 Å². The smallest absolute Gasteiger partial charge is 0.303 e. The number of benzene rings is 1. The van der Waals surface area contributed by atoms with Gasteiger partial charge in [-0.2, -0.15) is 0 Å². The molecule has 6 heteroatoms. The second kappa shape index (κ2) is 6.45. The Balaban J connectivity index is 2.32. The highest BCUT2D eigenvalue weighted by molar-refractivity contribution is 9.10. The van der Waals surface area contributed by atoms with Crippen molar-refractivity contribution in [1.29, 1.82) is 0 Å². The highest BCUT2D eigenvalue weighted by atomic mass is 79.9. The van der Waals surface area contributed by atoms with Crippen molar-refractivity contribution in [3.8, 4) is 11.5 Å². The van der Waals surface area contributed by atoms with Crippen molar-refractivity contribution in [2.45, 2.75) is 32.2 Å². The highest BCUT2D eigenvalue weighted by Crippen LogP contribution is 2.43. The number of carboxylic acid groups (broad SMARTS) is 1. The summed E-state index contributed by atoms with van der Waals surface area (Å²) in [5, 5.41) is 8.75. The van der Waals surface area contributed by atoms with Gasteiger partial charge in [0.05, 0.1) is 17.7 Å². The van der Waals surface area contributed by atoms with Crippen molar-refractivity contribution in [3.05, 3.63) is 21.7 Å². The largest absolute Gasteiger partial charge is 0.489 e. The molecule has 110 valence electrons. The lowest BCUT2D eigenvalue weighted by Gasteiger charge is -2.19. The molecule has 1 aromatic rings. The molecular weight excluding hydrogens is 326 g/mol. The third-order valence-electron chi connectivity index (χ3n) is 3.33. The number of nitrogens with two attached hydrogens (primary N) is 1. The van der Waals surface area contributed by atoms with Crippen LogP contribution < -0.4 is 15.2 Å². The predicted molar refractivity (Wildman–Crippen MR) is 78.3 cm³/mol. The number of carboxylic acids is 1. The van der Waals surface area contributed by atoms with Crippen LogP contribution in [0.3, 0.4) is 0 Å². The van der Waals surface area contributed by atoms with Gasteiger partial charge in [-0.1, -0.05) is 0 Å². The molecule has 1 unspecified atom stereocenters. The number of hydrogen-bond donors (Lipinski definition) is 2. The first-order chi connectivity index (χ1) is 9.50. The number of fused-ring (bicyclic) bond motifs is 1. The number of ether oxygens (including phenoxy) is 2. The van der Waals surface area contributed by atoms with Crippen LogP contribution in [-0.2, 0) is 4.79 Å². The molecule has 0 aromatic heterocycles. The molecule has 0 radical (unpaired) electrons. The van der Waals surface area contributed by atoms with Crippen LogP contribution in [0.4, 0.5) is 0 Å². The van der Waals surface area contributed by atoms with Crippen LogP contribution >= 0.6 is 15.9 Å². The van der Waals surface area contributed by atoms with Gasteiger partial charge in [0, 0.05) is 18.9 Å². The summed E-state index contributed by atoms with van der Waals surface area (Å²) < 4.78 is 12.2. The summed E-state index contributed by atoms with van der Waals surface area (Å²) in [4.78, 5) is 10.7. The lowest BCUT2D eigenvalue weighted by Crippen LogP contribution is -2.14. The number of aliphatic carboxylic acids is 1. The molecule has 1 atom stereocenters. The van der Waals surface area contributed by atoms with Gasteiger partial charge in [-0.25, -0.2) is 0 Å². The van der Waals surface area contributed by atoms with Crippen LogP contribution in [0.5, 0.6) is 11.5 Å². The summed E-state index contributed by atoms with van der Waals surface area (Å²) in [5.41, 5.74) is 7.92. The Morgan fingerprint density at radius 3 is 2.75 bits per heavy atom. The van der Waals surface area contributed by atoms with E-state index in [9.17, 15) is 4.79 Å². The van der Waals surface area contributed by atoms with Gasteiger partial charge in [0.25, 0.3) is 0 Å². The number of hydrogen-bond acceptors (Lipinski definition) is 4. The van der Waals surface area contributed by atoms with E-state index in [4.69, 9.17) is 20.3 Å². The molecule has 0 fully saturated rings. The van der Waals surface area contributed by atoms with E-state index in [-0.39, 0.29) is 12.5 Å². The van der Waals surface area contributed by atoms with Gasteiger partial charge in [0.15, 0.2) is 11.5 Å². The maximum absolute atomic E-state index is 10.7. The maximum atomic E-state index is 10.7. The number of carbonyl (C=O) groups is 1. The Kier molecular flexibility index (Phi) is 4.88. The molecule has 2 rings (SSSR count). The molecule has 0 amide bonds. The zero-order valence-corrected chi connectivity index (χ0v) is 12.9. The fourth-order valence-electron chi connectivity index (χ4n) is 2.26. The lowest BCUT2D eigenvalue weighted by atomic mass is 9.97. The van der Waals surface area contributed by atoms with Crippen LogP contribution in [0.15, 0.2) is 10.5 Å². The van der Waals surface area contributed by atoms with Gasteiger partial charge >= 0.3 is 5.97 Å². The van der Waals surface area contributed by atoms with Crippen molar-refractivity contribution in [3.63, 3.8) is 0 Å². The molecule has 1 aromatic carbocycles. The molecule has 5 nitrogen and oxygen atoms in total. The summed E-state index contributed by atoms with van der Waals surface area (Å²) >= 11 is 3.47. The van der Waals surface area contributed by atoms with E-state index < -0.39 is 5.97 Å². The van der Waals surface area contributed by atoms with Crippen molar-refractivity contribution >= 4 is 21.9 Å². The molecule has 0 bridgehead atoms. The molecule has 0 saturated heterocycles.